The lowest BCUT2D eigenvalue weighted by atomic mass is 10.0. The van der Waals surface area contributed by atoms with Crippen LogP contribution in [-0.2, 0) is 32.1 Å². The predicted molar refractivity (Wildman–Crippen MR) is 205 cm³/mol. The molecule has 0 aliphatic carbocycles. The van der Waals surface area contributed by atoms with E-state index in [1.165, 1.54) is 0 Å². The second-order valence-electron chi connectivity index (χ2n) is 12.5. The smallest absolute Gasteiger partial charge is 0.269 e. The van der Waals surface area contributed by atoms with Gasteiger partial charge in [0.05, 0.1) is 0 Å². The number of aromatic amines is 2. The van der Waals surface area contributed by atoms with Crippen LogP contribution in [0.2, 0.25) is 10.0 Å². The summed E-state index contributed by atoms with van der Waals surface area (Å²) in [5, 5.41) is 17.3. The average molecular weight is 736 g/mol. The van der Waals surface area contributed by atoms with Crippen molar-refractivity contribution in [2.75, 3.05) is 13.1 Å². The summed E-state index contributed by atoms with van der Waals surface area (Å²) in [5.41, 5.74) is 7.22. The van der Waals surface area contributed by atoms with Crippen molar-refractivity contribution < 1.29 is 19.3 Å². The van der Waals surface area contributed by atoms with E-state index in [-0.39, 0.29) is 24.0 Å². The number of halogens is 2. The Balaban J connectivity index is 0.000000162. The van der Waals surface area contributed by atoms with Crippen molar-refractivity contribution in [3.63, 3.8) is 0 Å². The van der Waals surface area contributed by atoms with Gasteiger partial charge in [0, 0.05) is 70.2 Å². The van der Waals surface area contributed by atoms with Gasteiger partial charge in [-0.1, -0.05) is 94.2 Å². The molecule has 10 nitrogen and oxygen atoms in total. The van der Waals surface area contributed by atoms with Gasteiger partial charge in [0.15, 0.2) is 12.2 Å². The summed E-state index contributed by atoms with van der Waals surface area (Å²) in [6.07, 6.45) is 5.92. The number of fused-ring (bicyclic) bond motifs is 2. The Kier molecular flexibility index (Phi) is 10.8. The maximum absolute atomic E-state index is 12.3. The van der Waals surface area contributed by atoms with Crippen molar-refractivity contribution in [3.8, 4) is 0 Å². The van der Waals surface area contributed by atoms with E-state index in [0.717, 1.165) is 44.1 Å². The first-order valence-corrected chi connectivity index (χ1v) is 17.8. The summed E-state index contributed by atoms with van der Waals surface area (Å²) in [7, 11) is 0. The number of carbonyl (C=O) groups excluding carboxylic acids is 2. The van der Waals surface area contributed by atoms with Crippen LogP contribution >= 0.6 is 23.2 Å². The van der Waals surface area contributed by atoms with Gasteiger partial charge in [-0.15, -0.1) is 0 Å². The van der Waals surface area contributed by atoms with Crippen molar-refractivity contribution in [2.45, 2.75) is 37.9 Å². The van der Waals surface area contributed by atoms with E-state index < -0.39 is 0 Å². The quantitative estimate of drug-likeness (QED) is 0.114. The lowest BCUT2D eigenvalue weighted by molar-refractivity contribution is -0.115. The number of hydrogen-bond donors (Lipinski definition) is 4. The molecule has 8 rings (SSSR count). The van der Waals surface area contributed by atoms with Gasteiger partial charge in [0.25, 0.3) is 11.8 Å². The second kappa shape index (κ2) is 16.2. The first-order valence-electron chi connectivity index (χ1n) is 17.0. The van der Waals surface area contributed by atoms with Crippen molar-refractivity contribution in [3.05, 3.63) is 142 Å². The van der Waals surface area contributed by atoms with Crippen LogP contribution in [0.3, 0.4) is 0 Å². The molecule has 264 valence electrons. The van der Waals surface area contributed by atoms with Gasteiger partial charge in [-0.3, -0.25) is 9.59 Å². The molecule has 2 unspecified atom stereocenters. The van der Waals surface area contributed by atoms with E-state index in [1.807, 2.05) is 109 Å². The predicted octanol–water partition coefficient (Wildman–Crippen LogP) is 8.00. The molecule has 52 heavy (non-hydrogen) atoms. The first-order chi connectivity index (χ1) is 25.4. The Morgan fingerprint density at radius 1 is 0.635 bits per heavy atom. The van der Waals surface area contributed by atoms with Crippen LogP contribution in [0.15, 0.2) is 120 Å². The van der Waals surface area contributed by atoms with E-state index in [2.05, 4.69) is 30.9 Å². The lowest BCUT2D eigenvalue weighted by Crippen LogP contribution is -2.32. The Bertz CT molecular complexity index is 2090. The van der Waals surface area contributed by atoms with E-state index >= 15 is 0 Å². The van der Waals surface area contributed by atoms with E-state index in [9.17, 15) is 9.59 Å². The zero-order chi connectivity index (χ0) is 35.9. The Labute approximate surface area is 310 Å². The molecule has 2 aliphatic rings. The number of amides is 2. The highest BCUT2D eigenvalue weighted by molar-refractivity contribution is 6.39. The monoisotopic (exact) mass is 734 g/mol. The zero-order valence-electron chi connectivity index (χ0n) is 28.1. The van der Waals surface area contributed by atoms with Crippen molar-refractivity contribution >= 4 is 68.2 Å². The van der Waals surface area contributed by atoms with Gasteiger partial charge < -0.3 is 30.3 Å². The van der Waals surface area contributed by atoms with E-state index in [4.69, 9.17) is 32.9 Å². The topological polar surface area (TPSA) is 133 Å². The molecule has 2 aliphatic heterocycles. The molecular weight excluding hydrogens is 699 g/mol. The Morgan fingerprint density at radius 3 is 1.48 bits per heavy atom. The summed E-state index contributed by atoms with van der Waals surface area (Å²) in [4.78, 5) is 41.9. The minimum absolute atomic E-state index is 0.179. The molecule has 0 saturated heterocycles. The summed E-state index contributed by atoms with van der Waals surface area (Å²) in [5.74, 6) is -0.359. The summed E-state index contributed by atoms with van der Waals surface area (Å²) < 4.78 is 0. The highest BCUT2D eigenvalue weighted by Crippen LogP contribution is 2.28. The molecule has 12 heteroatoms. The molecule has 0 radical (unpaired) electrons. The number of hydrogen-bond acceptors (Lipinski definition) is 6. The molecule has 0 saturated carbocycles. The maximum atomic E-state index is 12.3. The van der Waals surface area contributed by atoms with Crippen molar-refractivity contribution in [2.24, 2.45) is 10.3 Å². The van der Waals surface area contributed by atoms with Crippen molar-refractivity contribution in [1.29, 1.82) is 0 Å². The third kappa shape index (κ3) is 8.30. The number of nitrogens with zero attached hydrogens (tertiary/aromatic N) is 2. The Hall–Kier alpha value is -5.58. The summed E-state index contributed by atoms with van der Waals surface area (Å²) in [6, 6.07) is 31.1. The fourth-order valence-corrected chi connectivity index (χ4v) is 6.60. The van der Waals surface area contributed by atoms with Gasteiger partial charge in [-0.25, -0.2) is 0 Å². The van der Waals surface area contributed by atoms with Gasteiger partial charge >= 0.3 is 0 Å². The number of rotatable bonds is 10. The molecule has 2 atom stereocenters. The lowest BCUT2D eigenvalue weighted by Gasteiger charge is -2.07. The van der Waals surface area contributed by atoms with Gasteiger partial charge in [-0.05, 0) is 71.5 Å². The molecule has 6 aromatic rings. The minimum atomic E-state index is -0.187. The fraction of sp³-hybridized carbons (Fsp3) is 0.200. The van der Waals surface area contributed by atoms with Crippen LogP contribution in [0.4, 0.5) is 0 Å². The summed E-state index contributed by atoms with van der Waals surface area (Å²) in [6.45, 7) is 1.04. The van der Waals surface area contributed by atoms with Gasteiger partial charge in [-0.2, -0.15) is 0 Å². The first kappa shape index (κ1) is 34.9. The molecule has 2 aromatic heterocycles. The van der Waals surface area contributed by atoms with Gasteiger partial charge in [0.1, 0.15) is 11.4 Å². The fourth-order valence-electron chi connectivity index (χ4n) is 6.26. The number of H-pyrrole nitrogens is 2. The largest absolute Gasteiger partial charge is 0.387 e. The van der Waals surface area contributed by atoms with Gasteiger partial charge in [0.2, 0.25) is 0 Å². The normalized spacial score (nSPS) is 16.3. The highest BCUT2D eigenvalue weighted by atomic mass is 35.5. The number of carbonyl (C=O) groups is 2. The van der Waals surface area contributed by atoms with Crippen LogP contribution < -0.4 is 10.6 Å². The number of oxime groups is 2. The molecule has 0 bridgehead atoms. The number of benzene rings is 4. The minimum Gasteiger partial charge on any atom is -0.387 e. The van der Waals surface area contributed by atoms with Crippen molar-refractivity contribution in [1.82, 2.24) is 20.6 Å². The number of aromatic nitrogens is 2. The maximum Gasteiger partial charge on any atom is 0.269 e. The average Bonchev–Trinajstić information content (AvgIpc) is 4.00. The summed E-state index contributed by atoms with van der Waals surface area (Å²) >= 11 is 12.1. The highest BCUT2D eigenvalue weighted by Gasteiger charge is 2.28. The molecular formula is C40H36Cl2N6O4. The third-order valence-electron chi connectivity index (χ3n) is 9.02. The second-order valence-corrected chi connectivity index (χ2v) is 13.4. The van der Waals surface area contributed by atoms with Crippen LogP contribution in [0, 0.1) is 0 Å². The Morgan fingerprint density at radius 2 is 1.06 bits per heavy atom. The van der Waals surface area contributed by atoms with E-state index in [0.29, 0.717) is 60.2 Å². The molecule has 2 amide bonds. The molecule has 0 fully saturated rings. The van der Waals surface area contributed by atoms with E-state index in [1.54, 1.807) is 0 Å². The van der Waals surface area contributed by atoms with Crippen LogP contribution in [-0.4, -0.2) is 46.3 Å². The SMILES string of the molecule is O=C(NCCc1c[nH]c2ccc(Cl)cc12)C1=NOC(c2ccccc2)C1.O=C(NCCc1c[nH]c2ccc(Cl)cc12)C1=NOC(c2ccccc2)C1. The zero-order valence-corrected chi connectivity index (χ0v) is 29.6. The molecule has 4 heterocycles. The van der Waals surface area contributed by atoms with Crippen LogP contribution in [0.25, 0.3) is 21.8 Å². The number of nitrogens with one attached hydrogen (secondary N) is 4. The standard InChI is InChI=1S/2C20H18ClN3O2/c2*21-15-6-7-17-16(10-15)14(12-23-17)8-9-22-20(25)18-11-19(26-24-18)13-4-2-1-3-5-13/h2*1-7,10,12,19,23H,8-9,11H2,(H,22,25). The molecule has 4 aromatic carbocycles. The third-order valence-corrected chi connectivity index (χ3v) is 9.49. The van der Waals surface area contributed by atoms with Crippen LogP contribution in [0.5, 0.6) is 0 Å². The van der Waals surface area contributed by atoms with Crippen LogP contribution in [0.1, 0.15) is 47.3 Å². The molecule has 4 N–H and O–H groups in total. The molecule has 0 spiro atoms.